The highest BCUT2D eigenvalue weighted by Gasteiger charge is 2.41. The van der Waals surface area contributed by atoms with Crippen molar-refractivity contribution in [2.75, 3.05) is 37.1 Å². The van der Waals surface area contributed by atoms with Gasteiger partial charge in [-0.2, -0.15) is 30.0 Å². The first kappa shape index (κ1) is 31.0. The van der Waals surface area contributed by atoms with Crippen LogP contribution in [0.2, 0.25) is 5.02 Å². The lowest BCUT2D eigenvalue weighted by Crippen LogP contribution is -2.46. The highest BCUT2D eigenvalue weighted by molar-refractivity contribution is 9.10. The standard InChI is InChI=1S/C26H26BrClF3N3O4S/c1-25(11-4-12-39-3)15-33(32-22(25)16-5-10-19(20(28)13-16)26(29,30)31)14-21(35)34(23(36)24(37)38-2)18-8-6-17(27)7-9-18/h5-10,13H,4,11-12,14-15H2,1-3H3. The third-order valence-electron chi connectivity index (χ3n) is 6.18. The van der Waals surface area contributed by atoms with Gasteiger partial charge in [0.25, 0.3) is 5.91 Å². The predicted molar refractivity (Wildman–Crippen MR) is 149 cm³/mol. The topological polar surface area (TPSA) is 79.3 Å². The second-order valence-electron chi connectivity index (χ2n) is 9.12. The zero-order valence-corrected chi connectivity index (χ0v) is 24.5. The molecule has 1 aliphatic rings. The Labute approximate surface area is 241 Å². The lowest BCUT2D eigenvalue weighted by molar-refractivity contribution is -0.152. The quantitative estimate of drug-likeness (QED) is 0.198. The first-order valence-electron chi connectivity index (χ1n) is 11.7. The molecule has 2 aromatic carbocycles. The van der Waals surface area contributed by atoms with Crippen LogP contribution in [0.3, 0.4) is 0 Å². The zero-order valence-electron chi connectivity index (χ0n) is 21.3. The Bertz CT molecular complexity index is 1280. The van der Waals surface area contributed by atoms with Crippen LogP contribution in [0.1, 0.15) is 30.9 Å². The number of amides is 2. The monoisotopic (exact) mass is 647 g/mol. The number of imide groups is 1. The molecule has 0 saturated carbocycles. The molecule has 1 unspecified atom stereocenters. The Morgan fingerprint density at radius 1 is 1.21 bits per heavy atom. The van der Waals surface area contributed by atoms with Crippen LogP contribution < -0.4 is 4.90 Å². The number of halogens is 5. The van der Waals surface area contributed by atoms with E-state index < -0.39 is 40.0 Å². The van der Waals surface area contributed by atoms with E-state index in [4.69, 9.17) is 11.6 Å². The van der Waals surface area contributed by atoms with E-state index in [9.17, 15) is 27.6 Å². The van der Waals surface area contributed by atoms with Crippen molar-refractivity contribution in [2.45, 2.75) is 25.9 Å². The molecule has 0 radical (unpaired) electrons. The number of thioether (sulfide) groups is 1. The van der Waals surface area contributed by atoms with Gasteiger partial charge in [0.2, 0.25) is 0 Å². The molecule has 0 spiro atoms. The van der Waals surface area contributed by atoms with Crippen LogP contribution in [-0.4, -0.2) is 60.7 Å². The number of anilines is 1. The van der Waals surface area contributed by atoms with E-state index in [1.165, 1.54) is 29.3 Å². The summed E-state index contributed by atoms with van der Waals surface area (Å²) >= 11 is 10.9. The Kier molecular flexibility index (Phi) is 10.1. The molecular weight excluding hydrogens is 623 g/mol. The van der Waals surface area contributed by atoms with E-state index >= 15 is 0 Å². The third kappa shape index (κ3) is 7.34. The highest BCUT2D eigenvalue weighted by atomic mass is 79.9. The van der Waals surface area contributed by atoms with Crippen molar-refractivity contribution in [2.24, 2.45) is 10.5 Å². The fourth-order valence-corrected chi connectivity index (χ4v) is 5.32. The van der Waals surface area contributed by atoms with E-state index in [1.807, 2.05) is 13.2 Å². The summed E-state index contributed by atoms with van der Waals surface area (Å²) in [5.74, 6) is -2.24. The molecule has 39 heavy (non-hydrogen) atoms. The van der Waals surface area contributed by atoms with Crippen LogP contribution in [0.25, 0.3) is 0 Å². The van der Waals surface area contributed by atoms with Gasteiger partial charge in [-0.05, 0) is 66.8 Å². The number of methoxy groups -OCH3 is 1. The maximum Gasteiger partial charge on any atom is 0.417 e. The number of alkyl halides is 3. The van der Waals surface area contributed by atoms with Crippen LogP contribution in [0, 0.1) is 5.41 Å². The normalized spacial score (nSPS) is 17.1. The minimum absolute atomic E-state index is 0.166. The zero-order chi connectivity index (χ0) is 29.0. The van der Waals surface area contributed by atoms with E-state index in [0.29, 0.717) is 22.2 Å². The molecule has 13 heteroatoms. The summed E-state index contributed by atoms with van der Waals surface area (Å²) in [6.07, 6.45) is -1.18. The molecule has 0 aliphatic carbocycles. The Morgan fingerprint density at radius 2 is 1.87 bits per heavy atom. The second-order valence-corrected chi connectivity index (χ2v) is 11.4. The fourth-order valence-electron chi connectivity index (χ4n) is 4.34. The largest absolute Gasteiger partial charge is 0.462 e. The molecule has 0 saturated heterocycles. The van der Waals surface area contributed by atoms with Gasteiger partial charge in [-0.25, -0.2) is 9.69 Å². The van der Waals surface area contributed by atoms with Gasteiger partial charge in [0.05, 0.1) is 29.1 Å². The SMILES string of the molecule is COC(=O)C(=O)N(C(=O)CN1CC(C)(CCCSC)C(c2ccc(C(F)(F)F)c(Cl)c2)=N1)c1ccc(Br)cc1. The number of ether oxygens (including phenoxy) is 1. The van der Waals surface area contributed by atoms with Crippen molar-refractivity contribution >= 4 is 68.5 Å². The van der Waals surface area contributed by atoms with Gasteiger partial charge in [0.15, 0.2) is 0 Å². The molecule has 0 N–H and O–H groups in total. The van der Waals surface area contributed by atoms with Crippen molar-refractivity contribution in [3.05, 3.63) is 63.1 Å². The number of hydrogen-bond donors (Lipinski definition) is 0. The van der Waals surface area contributed by atoms with Gasteiger partial charge < -0.3 is 4.74 Å². The van der Waals surface area contributed by atoms with Crippen LogP contribution in [0.4, 0.5) is 18.9 Å². The first-order valence-corrected chi connectivity index (χ1v) is 14.3. The molecule has 3 rings (SSSR count). The summed E-state index contributed by atoms with van der Waals surface area (Å²) in [7, 11) is 1.04. The van der Waals surface area contributed by atoms with Crippen molar-refractivity contribution < 1.29 is 32.3 Å². The molecule has 7 nitrogen and oxygen atoms in total. The Morgan fingerprint density at radius 3 is 2.44 bits per heavy atom. The van der Waals surface area contributed by atoms with Gasteiger partial charge in [-0.1, -0.05) is 40.5 Å². The molecule has 1 aliphatic heterocycles. The van der Waals surface area contributed by atoms with Crippen LogP contribution >= 0.6 is 39.3 Å². The lowest BCUT2D eigenvalue weighted by Gasteiger charge is -2.27. The van der Waals surface area contributed by atoms with Crippen LogP contribution in [0.15, 0.2) is 52.0 Å². The molecular formula is C26H26BrClF3N3O4S. The number of benzene rings is 2. The molecule has 2 aromatic rings. The van der Waals surface area contributed by atoms with E-state index in [2.05, 4.69) is 25.8 Å². The van der Waals surface area contributed by atoms with Crippen molar-refractivity contribution in [3.8, 4) is 0 Å². The summed E-state index contributed by atoms with van der Waals surface area (Å²) in [5, 5.41) is 5.61. The summed E-state index contributed by atoms with van der Waals surface area (Å²) in [5.41, 5.74) is -0.506. The maximum atomic E-state index is 13.4. The minimum atomic E-state index is -4.60. The van der Waals surface area contributed by atoms with E-state index in [0.717, 1.165) is 30.2 Å². The molecule has 1 atom stereocenters. The van der Waals surface area contributed by atoms with Crippen molar-refractivity contribution in [1.82, 2.24) is 5.01 Å². The smallest absolute Gasteiger partial charge is 0.417 e. The van der Waals surface area contributed by atoms with Gasteiger partial charge in [-0.3, -0.25) is 14.6 Å². The minimum Gasteiger partial charge on any atom is -0.462 e. The van der Waals surface area contributed by atoms with E-state index in [-0.39, 0.29) is 18.8 Å². The molecule has 210 valence electrons. The number of carbonyl (C=O) groups excluding carboxylic acids is 3. The Balaban J connectivity index is 1.96. The van der Waals surface area contributed by atoms with Crippen LogP contribution in [-0.2, 0) is 25.3 Å². The van der Waals surface area contributed by atoms with Crippen LogP contribution in [0.5, 0.6) is 0 Å². The number of hydrogen-bond acceptors (Lipinski definition) is 7. The van der Waals surface area contributed by atoms with Gasteiger partial charge in [0, 0.05) is 16.4 Å². The maximum absolute atomic E-state index is 13.4. The number of esters is 1. The number of carbonyl (C=O) groups is 3. The average molecular weight is 649 g/mol. The second kappa shape index (κ2) is 12.7. The summed E-state index contributed by atoms with van der Waals surface area (Å²) in [4.78, 5) is 38.9. The first-order chi connectivity index (χ1) is 18.3. The van der Waals surface area contributed by atoms with Gasteiger partial charge >= 0.3 is 18.1 Å². The molecule has 1 heterocycles. The summed E-state index contributed by atoms with van der Waals surface area (Å²) < 4.78 is 45.1. The number of hydrazone groups is 1. The molecule has 0 bridgehead atoms. The lowest BCUT2D eigenvalue weighted by atomic mass is 9.78. The van der Waals surface area contributed by atoms with Gasteiger partial charge in [0.1, 0.15) is 6.54 Å². The van der Waals surface area contributed by atoms with Gasteiger partial charge in [-0.15, -0.1) is 0 Å². The van der Waals surface area contributed by atoms with E-state index in [1.54, 1.807) is 23.9 Å². The Hall–Kier alpha value is -2.57. The number of rotatable bonds is 8. The van der Waals surface area contributed by atoms with Crippen molar-refractivity contribution in [3.63, 3.8) is 0 Å². The fraction of sp³-hybridized carbons (Fsp3) is 0.385. The highest BCUT2D eigenvalue weighted by Crippen LogP contribution is 2.39. The predicted octanol–water partition coefficient (Wildman–Crippen LogP) is 6.02. The average Bonchev–Trinajstić information content (AvgIpc) is 3.19. The molecule has 2 amide bonds. The third-order valence-corrected chi connectivity index (χ3v) is 7.72. The molecule has 0 fully saturated rings. The van der Waals surface area contributed by atoms with Crippen molar-refractivity contribution in [1.29, 1.82) is 0 Å². The number of nitrogens with zero attached hydrogens (tertiary/aromatic N) is 3. The summed E-state index contributed by atoms with van der Waals surface area (Å²) in [6, 6.07) is 9.70. The summed E-state index contributed by atoms with van der Waals surface area (Å²) in [6.45, 7) is 1.82. The molecule has 0 aromatic heterocycles.